The number of alkyl halides is 3. The Labute approximate surface area is 112 Å². The molecule has 0 radical (unpaired) electrons. The molecule has 0 spiro atoms. The van der Waals surface area contributed by atoms with E-state index < -0.39 is 11.7 Å². The maximum atomic E-state index is 12.6. The number of fused-ring (bicyclic) bond motifs is 1. The fraction of sp³-hybridized carbons (Fsp3) is 0.154. The summed E-state index contributed by atoms with van der Waals surface area (Å²) in [5, 5.41) is 3.03. The minimum absolute atomic E-state index is 0.0681. The van der Waals surface area contributed by atoms with Crippen LogP contribution < -0.4 is 5.32 Å². The van der Waals surface area contributed by atoms with Crippen molar-refractivity contribution in [3.05, 3.63) is 53.9 Å². The summed E-state index contributed by atoms with van der Waals surface area (Å²) in [6, 6.07) is 7.48. The average molecular weight is 282 g/mol. The lowest BCUT2D eigenvalue weighted by Gasteiger charge is -2.10. The van der Waals surface area contributed by atoms with Crippen LogP contribution in [0, 0.1) is 0 Å². The molecule has 0 aliphatic carbocycles. The van der Waals surface area contributed by atoms with Crippen molar-refractivity contribution in [1.82, 2.24) is 4.98 Å². The molecule has 0 saturated heterocycles. The lowest BCUT2D eigenvalue weighted by atomic mass is 10.2. The normalized spacial score (nSPS) is 17.9. The highest BCUT2D eigenvalue weighted by molar-refractivity contribution is 8.00. The van der Waals surface area contributed by atoms with Crippen molar-refractivity contribution in [1.29, 1.82) is 0 Å². The molecule has 1 aliphatic rings. The molecule has 1 N–H and O–H groups in total. The lowest BCUT2D eigenvalue weighted by molar-refractivity contribution is -0.137. The molecule has 0 saturated carbocycles. The first-order valence-corrected chi connectivity index (χ1v) is 6.46. The summed E-state index contributed by atoms with van der Waals surface area (Å²) in [6.07, 6.45) is -0.973. The highest BCUT2D eigenvalue weighted by atomic mass is 32.2. The molecule has 1 atom stereocenters. The Morgan fingerprint density at radius 2 is 1.84 bits per heavy atom. The SMILES string of the molecule is FC(F)(F)c1ccc2c(c1)NC(c1ccncc1)S2. The fourth-order valence-electron chi connectivity index (χ4n) is 1.91. The van der Waals surface area contributed by atoms with Crippen molar-refractivity contribution in [2.45, 2.75) is 16.4 Å². The van der Waals surface area contributed by atoms with Gasteiger partial charge in [-0.1, -0.05) is 11.8 Å². The predicted molar refractivity (Wildman–Crippen MR) is 67.9 cm³/mol. The fourth-order valence-corrected chi connectivity index (χ4v) is 3.03. The summed E-state index contributed by atoms with van der Waals surface area (Å²) in [7, 11) is 0. The second kappa shape index (κ2) is 4.45. The summed E-state index contributed by atoms with van der Waals surface area (Å²) in [5.41, 5.74) is 0.890. The van der Waals surface area contributed by atoms with Gasteiger partial charge in [0.15, 0.2) is 0 Å². The monoisotopic (exact) mass is 282 g/mol. The van der Waals surface area contributed by atoms with E-state index in [0.717, 1.165) is 22.6 Å². The minimum atomic E-state index is -4.31. The first-order valence-electron chi connectivity index (χ1n) is 5.58. The van der Waals surface area contributed by atoms with E-state index in [1.54, 1.807) is 12.4 Å². The molecule has 1 aromatic carbocycles. The predicted octanol–water partition coefficient (Wildman–Crippen LogP) is 4.32. The smallest absolute Gasteiger partial charge is 0.368 e. The van der Waals surface area contributed by atoms with E-state index in [0.29, 0.717) is 5.69 Å². The highest BCUT2D eigenvalue weighted by Gasteiger charge is 2.33. The number of hydrogen-bond donors (Lipinski definition) is 1. The van der Waals surface area contributed by atoms with Crippen molar-refractivity contribution in [2.24, 2.45) is 0 Å². The third-order valence-electron chi connectivity index (χ3n) is 2.85. The van der Waals surface area contributed by atoms with E-state index in [9.17, 15) is 13.2 Å². The zero-order valence-electron chi connectivity index (χ0n) is 9.61. The molecular weight excluding hydrogens is 273 g/mol. The summed E-state index contributed by atoms with van der Waals surface area (Å²) in [5.74, 6) is 0. The third kappa shape index (κ3) is 2.40. The first kappa shape index (κ1) is 12.3. The second-order valence-electron chi connectivity index (χ2n) is 4.13. The maximum Gasteiger partial charge on any atom is 0.416 e. The topological polar surface area (TPSA) is 24.9 Å². The van der Waals surface area contributed by atoms with Gasteiger partial charge in [0.05, 0.1) is 5.56 Å². The van der Waals surface area contributed by atoms with Gasteiger partial charge in [-0.05, 0) is 35.9 Å². The van der Waals surface area contributed by atoms with Crippen molar-refractivity contribution in [2.75, 3.05) is 5.32 Å². The molecule has 19 heavy (non-hydrogen) atoms. The van der Waals surface area contributed by atoms with Gasteiger partial charge in [-0.3, -0.25) is 4.98 Å². The molecule has 0 fully saturated rings. The third-order valence-corrected chi connectivity index (χ3v) is 4.08. The van der Waals surface area contributed by atoms with Crippen molar-refractivity contribution in [3.8, 4) is 0 Å². The molecule has 1 unspecified atom stereocenters. The van der Waals surface area contributed by atoms with Gasteiger partial charge in [-0.25, -0.2) is 0 Å². The van der Waals surface area contributed by atoms with Crippen LogP contribution in [0.4, 0.5) is 18.9 Å². The number of pyridine rings is 1. The quantitative estimate of drug-likeness (QED) is 0.843. The van der Waals surface area contributed by atoms with Crippen LogP contribution in [0.15, 0.2) is 47.6 Å². The molecule has 2 heterocycles. The van der Waals surface area contributed by atoms with Crippen LogP contribution in [0.5, 0.6) is 0 Å². The van der Waals surface area contributed by atoms with Crippen LogP contribution in [0.2, 0.25) is 0 Å². The Morgan fingerprint density at radius 1 is 1.11 bits per heavy atom. The van der Waals surface area contributed by atoms with Gasteiger partial charge >= 0.3 is 6.18 Å². The lowest BCUT2D eigenvalue weighted by Crippen LogP contribution is -2.05. The van der Waals surface area contributed by atoms with Gasteiger partial charge in [0.2, 0.25) is 0 Å². The molecule has 6 heteroatoms. The molecule has 98 valence electrons. The molecule has 3 rings (SSSR count). The Kier molecular flexibility index (Phi) is 2.89. The van der Waals surface area contributed by atoms with Crippen LogP contribution in [-0.2, 0) is 6.18 Å². The number of rotatable bonds is 1. The van der Waals surface area contributed by atoms with Gasteiger partial charge < -0.3 is 5.32 Å². The Hall–Kier alpha value is -1.69. The standard InChI is InChI=1S/C13H9F3N2S/c14-13(15,16)9-1-2-11-10(7-9)18-12(19-11)8-3-5-17-6-4-8/h1-7,12,18H. The molecule has 0 bridgehead atoms. The van der Waals surface area contributed by atoms with Crippen LogP contribution >= 0.6 is 11.8 Å². The Morgan fingerprint density at radius 3 is 2.53 bits per heavy atom. The van der Waals surface area contributed by atoms with Crippen LogP contribution in [-0.4, -0.2) is 4.98 Å². The summed E-state index contributed by atoms with van der Waals surface area (Å²) >= 11 is 1.50. The Bertz CT molecular complexity index is 599. The van der Waals surface area contributed by atoms with Crippen LogP contribution in [0.25, 0.3) is 0 Å². The van der Waals surface area contributed by atoms with E-state index in [1.807, 2.05) is 12.1 Å². The minimum Gasteiger partial charge on any atom is -0.368 e. The Balaban J connectivity index is 1.89. The number of nitrogens with one attached hydrogen (secondary N) is 1. The zero-order valence-corrected chi connectivity index (χ0v) is 10.4. The van der Waals surface area contributed by atoms with Crippen LogP contribution in [0.3, 0.4) is 0 Å². The first-order chi connectivity index (χ1) is 9.04. The summed E-state index contributed by atoms with van der Waals surface area (Å²) in [4.78, 5) is 4.76. The number of halogens is 3. The zero-order chi connectivity index (χ0) is 13.5. The number of aromatic nitrogens is 1. The van der Waals surface area contributed by atoms with Gasteiger partial charge in [-0.15, -0.1) is 0 Å². The molecule has 1 aromatic heterocycles. The largest absolute Gasteiger partial charge is 0.416 e. The highest BCUT2D eigenvalue weighted by Crippen LogP contribution is 2.47. The number of thioether (sulfide) groups is 1. The summed E-state index contributed by atoms with van der Waals surface area (Å²) < 4.78 is 37.9. The van der Waals surface area contributed by atoms with Gasteiger partial charge in [0.25, 0.3) is 0 Å². The van der Waals surface area contributed by atoms with E-state index in [4.69, 9.17) is 0 Å². The van der Waals surface area contributed by atoms with Crippen molar-refractivity contribution >= 4 is 17.4 Å². The molecule has 2 nitrogen and oxygen atoms in total. The van der Waals surface area contributed by atoms with E-state index in [2.05, 4.69) is 10.3 Å². The van der Waals surface area contributed by atoms with E-state index in [1.165, 1.54) is 17.8 Å². The molecular formula is C13H9F3N2S. The van der Waals surface area contributed by atoms with Gasteiger partial charge in [0, 0.05) is 23.0 Å². The van der Waals surface area contributed by atoms with E-state index in [-0.39, 0.29) is 5.37 Å². The number of nitrogens with zero attached hydrogens (tertiary/aromatic N) is 1. The molecule has 2 aromatic rings. The number of hydrogen-bond acceptors (Lipinski definition) is 3. The van der Waals surface area contributed by atoms with Crippen LogP contribution in [0.1, 0.15) is 16.5 Å². The van der Waals surface area contributed by atoms with Gasteiger partial charge in [-0.2, -0.15) is 13.2 Å². The van der Waals surface area contributed by atoms with Crippen molar-refractivity contribution < 1.29 is 13.2 Å². The maximum absolute atomic E-state index is 12.6. The molecule has 0 amide bonds. The molecule has 1 aliphatic heterocycles. The van der Waals surface area contributed by atoms with Crippen molar-refractivity contribution in [3.63, 3.8) is 0 Å². The number of benzene rings is 1. The summed E-state index contributed by atoms with van der Waals surface area (Å²) in [6.45, 7) is 0. The average Bonchev–Trinajstić information content (AvgIpc) is 2.81. The van der Waals surface area contributed by atoms with Gasteiger partial charge in [0.1, 0.15) is 5.37 Å². The second-order valence-corrected chi connectivity index (χ2v) is 5.28. The van der Waals surface area contributed by atoms with E-state index >= 15 is 0 Å². The number of anilines is 1.